The third-order valence-electron chi connectivity index (χ3n) is 8.49. The van der Waals surface area contributed by atoms with Crippen molar-refractivity contribution in [1.82, 2.24) is 10.2 Å². The summed E-state index contributed by atoms with van der Waals surface area (Å²) in [5.74, 6) is -3.47. The largest absolute Gasteiger partial charge is 0.508 e. The quantitative estimate of drug-likeness (QED) is 0.251. The van der Waals surface area contributed by atoms with Crippen LogP contribution < -0.4 is 10.1 Å². The summed E-state index contributed by atoms with van der Waals surface area (Å²) in [5, 5.41) is 47.4. The first kappa shape index (κ1) is 23.5. The molecular weight excluding hydrogens is 504 g/mol. The number of aryl methyl sites for hydroxylation is 1. The number of methoxy groups -OCH3 is 1. The molecule has 1 amide bonds. The molecule has 1 unspecified atom stereocenters. The van der Waals surface area contributed by atoms with Gasteiger partial charge in [-0.25, -0.2) is 0 Å². The predicted octanol–water partition coefficient (Wildman–Crippen LogP) is 2.81. The molecule has 39 heavy (non-hydrogen) atoms. The molecule has 7 rings (SSSR count). The molecule has 2 heterocycles. The highest BCUT2D eigenvalue weighted by Crippen LogP contribution is 2.56. The van der Waals surface area contributed by atoms with Crippen molar-refractivity contribution in [2.45, 2.75) is 32.4 Å². The highest BCUT2D eigenvalue weighted by molar-refractivity contribution is 6.32. The van der Waals surface area contributed by atoms with Crippen LogP contribution in [0.4, 0.5) is 0 Å². The molecule has 1 fully saturated rings. The van der Waals surface area contributed by atoms with Gasteiger partial charge in [0.1, 0.15) is 34.9 Å². The van der Waals surface area contributed by atoms with Gasteiger partial charge >= 0.3 is 0 Å². The van der Waals surface area contributed by atoms with Crippen LogP contribution in [0.1, 0.15) is 77.0 Å². The van der Waals surface area contributed by atoms with Gasteiger partial charge in [0.15, 0.2) is 5.78 Å². The van der Waals surface area contributed by atoms with E-state index in [1.54, 1.807) is 4.90 Å². The van der Waals surface area contributed by atoms with Gasteiger partial charge in [0.05, 0.1) is 29.4 Å². The molecule has 5 N–H and O–H groups in total. The van der Waals surface area contributed by atoms with Crippen LogP contribution in [0.2, 0.25) is 0 Å². The number of carbonyl (C=O) groups excluding carboxylic acids is 3. The summed E-state index contributed by atoms with van der Waals surface area (Å²) in [4.78, 5) is 42.4. The van der Waals surface area contributed by atoms with E-state index in [4.69, 9.17) is 4.74 Å². The van der Waals surface area contributed by atoms with E-state index < -0.39 is 23.1 Å². The smallest absolute Gasteiger partial charge is 0.259 e. The number of amides is 1. The zero-order chi connectivity index (χ0) is 27.5. The molecule has 2 aliphatic carbocycles. The molecular formula is C29H24N2O8. The van der Waals surface area contributed by atoms with Gasteiger partial charge in [0.2, 0.25) is 5.78 Å². The molecule has 0 spiro atoms. The SMILES string of the molecule is COc1c2c(c(O)c3c1C(=O)c1c(cc(O)c(C)c1O)C3=O)-c1c(cc3c(c1O)C(=O)N1CCCNC31)CC2. The van der Waals surface area contributed by atoms with Crippen molar-refractivity contribution in [3.8, 4) is 39.9 Å². The topological polar surface area (TPSA) is 157 Å². The van der Waals surface area contributed by atoms with Gasteiger partial charge in [0, 0.05) is 39.9 Å². The molecule has 198 valence electrons. The lowest BCUT2D eigenvalue weighted by Crippen LogP contribution is -2.43. The summed E-state index contributed by atoms with van der Waals surface area (Å²) in [5.41, 5.74) is 1.27. The van der Waals surface area contributed by atoms with Gasteiger partial charge < -0.3 is 30.1 Å². The summed E-state index contributed by atoms with van der Waals surface area (Å²) in [7, 11) is 1.34. The molecule has 0 aromatic heterocycles. The van der Waals surface area contributed by atoms with Gasteiger partial charge in [0.25, 0.3) is 5.91 Å². The maximum Gasteiger partial charge on any atom is 0.259 e. The Morgan fingerprint density at radius 1 is 0.872 bits per heavy atom. The molecule has 1 atom stereocenters. The number of ether oxygens (including phenoxy) is 1. The average molecular weight is 529 g/mol. The second-order valence-electron chi connectivity index (χ2n) is 10.4. The molecule has 3 aromatic rings. The molecule has 10 nitrogen and oxygen atoms in total. The minimum absolute atomic E-state index is 0.0441. The van der Waals surface area contributed by atoms with E-state index in [1.807, 2.05) is 6.07 Å². The number of rotatable bonds is 1. The van der Waals surface area contributed by atoms with E-state index in [9.17, 15) is 34.8 Å². The van der Waals surface area contributed by atoms with Crippen LogP contribution >= 0.6 is 0 Å². The van der Waals surface area contributed by atoms with Crippen LogP contribution in [-0.4, -0.2) is 63.0 Å². The number of nitrogens with one attached hydrogen (secondary N) is 1. The van der Waals surface area contributed by atoms with E-state index >= 15 is 0 Å². The number of hydrogen-bond donors (Lipinski definition) is 5. The summed E-state index contributed by atoms with van der Waals surface area (Å²) < 4.78 is 5.66. The van der Waals surface area contributed by atoms with Crippen molar-refractivity contribution in [3.63, 3.8) is 0 Å². The van der Waals surface area contributed by atoms with Crippen LogP contribution in [0.3, 0.4) is 0 Å². The van der Waals surface area contributed by atoms with E-state index in [-0.39, 0.29) is 73.8 Å². The fraction of sp³-hybridized carbons (Fsp3) is 0.276. The van der Waals surface area contributed by atoms with E-state index in [2.05, 4.69) is 5.32 Å². The maximum absolute atomic E-state index is 13.7. The highest BCUT2D eigenvalue weighted by Gasteiger charge is 2.45. The summed E-state index contributed by atoms with van der Waals surface area (Å²) >= 11 is 0. The van der Waals surface area contributed by atoms with Crippen molar-refractivity contribution in [1.29, 1.82) is 0 Å². The van der Waals surface area contributed by atoms with Crippen LogP contribution in [0, 0.1) is 6.92 Å². The Balaban J connectivity index is 1.52. The molecule has 4 aliphatic rings. The number of aromatic hydroxyl groups is 4. The van der Waals surface area contributed by atoms with E-state index in [0.29, 0.717) is 36.1 Å². The first-order chi connectivity index (χ1) is 18.7. The number of nitrogens with zero attached hydrogens (tertiary/aromatic N) is 1. The predicted molar refractivity (Wildman–Crippen MR) is 137 cm³/mol. The fourth-order valence-electron chi connectivity index (χ4n) is 6.65. The van der Waals surface area contributed by atoms with Gasteiger partial charge in [-0.05, 0) is 44.4 Å². The molecule has 0 radical (unpaired) electrons. The minimum Gasteiger partial charge on any atom is -0.508 e. The minimum atomic E-state index is -0.783. The molecule has 10 heteroatoms. The Bertz CT molecular complexity index is 1720. The summed E-state index contributed by atoms with van der Waals surface area (Å²) in [6.07, 6.45) is 1.20. The molecule has 3 aromatic carbocycles. The first-order valence-electron chi connectivity index (χ1n) is 12.7. The summed E-state index contributed by atoms with van der Waals surface area (Å²) in [6, 6.07) is 2.96. The number of benzene rings is 3. The molecule has 1 saturated heterocycles. The number of ketones is 2. The Hall–Kier alpha value is -4.57. The molecule has 0 saturated carbocycles. The Morgan fingerprint density at radius 3 is 2.36 bits per heavy atom. The van der Waals surface area contributed by atoms with Crippen LogP contribution in [0.5, 0.6) is 28.7 Å². The van der Waals surface area contributed by atoms with E-state index in [0.717, 1.165) is 19.0 Å². The Kier molecular flexibility index (Phi) is 4.67. The van der Waals surface area contributed by atoms with Crippen molar-refractivity contribution >= 4 is 17.5 Å². The zero-order valence-corrected chi connectivity index (χ0v) is 21.1. The second kappa shape index (κ2) is 7.73. The number of phenolic OH excluding ortho intramolecular Hbond substituents is 4. The van der Waals surface area contributed by atoms with Gasteiger partial charge in [-0.2, -0.15) is 0 Å². The lowest BCUT2D eigenvalue weighted by molar-refractivity contribution is 0.0643. The summed E-state index contributed by atoms with van der Waals surface area (Å²) in [6.45, 7) is 2.70. The van der Waals surface area contributed by atoms with Crippen LogP contribution in [0.15, 0.2) is 12.1 Å². The number of carbonyl (C=O) groups is 3. The normalized spacial score (nSPS) is 18.7. The number of phenols is 4. The second-order valence-corrected chi connectivity index (χ2v) is 10.4. The van der Waals surface area contributed by atoms with Crippen LogP contribution in [-0.2, 0) is 12.8 Å². The Labute approximate surface area is 222 Å². The monoisotopic (exact) mass is 528 g/mol. The standard InChI is InChI=1S/C29H24N2O8/c1-10-15(32)9-13-18(22(10)33)26(37)21-20(23(13)34)25(36)17-12(27(21)39-2)5-4-11-8-14-19(24(35)16(11)17)29(38)31-7-3-6-30-28(14)31/h8-9,28,30,32-33,35-36H,3-7H2,1-2H3. The lowest BCUT2D eigenvalue weighted by Gasteiger charge is -2.31. The van der Waals surface area contributed by atoms with Gasteiger partial charge in [-0.3, -0.25) is 19.7 Å². The number of fused-ring (bicyclic) bond motifs is 8. The third-order valence-corrected chi connectivity index (χ3v) is 8.49. The molecule has 2 aliphatic heterocycles. The van der Waals surface area contributed by atoms with Gasteiger partial charge in [-0.1, -0.05) is 6.07 Å². The first-order valence-corrected chi connectivity index (χ1v) is 12.7. The van der Waals surface area contributed by atoms with Crippen molar-refractivity contribution in [2.75, 3.05) is 20.2 Å². The third kappa shape index (κ3) is 2.76. The number of hydrogen-bond acceptors (Lipinski definition) is 9. The molecule has 0 bridgehead atoms. The van der Waals surface area contributed by atoms with Crippen LogP contribution in [0.25, 0.3) is 11.1 Å². The van der Waals surface area contributed by atoms with Crippen molar-refractivity contribution < 1.29 is 39.5 Å². The Morgan fingerprint density at radius 2 is 1.62 bits per heavy atom. The maximum atomic E-state index is 13.7. The zero-order valence-electron chi connectivity index (χ0n) is 21.1. The van der Waals surface area contributed by atoms with E-state index in [1.165, 1.54) is 14.0 Å². The van der Waals surface area contributed by atoms with Gasteiger partial charge in [-0.15, -0.1) is 0 Å². The highest BCUT2D eigenvalue weighted by atomic mass is 16.5. The van der Waals surface area contributed by atoms with Crippen molar-refractivity contribution in [3.05, 3.63) is 62.2 Å². The average Bonchev–Trinajstić information content (AvgIpc) is 3.21. The lowest BCUT2D eigenvalue weighted by atomic mass is 9.75. The fourth-order valence-corrected chi connectivity index (χ4v) is 6.65. The van der Waals surface area contributed by atoms with Crippen molar-refractivity contribution in [2.24, 2.45) is 0 Å².